The molecule has 1 saturated heterocycles. The minimum atomic E-state index is -3.03. The Morgan fingerprint density at radius 2 is 1.82 bits per heavy atom. The summed E-state index contributed by atoms with van der Waals surface area (Å²) in [6.07, 6.45) is 0.829. The average molecular weight is 261 g/mol. The van der Waals surface area contributed by atoms with Crippen LogP contribution in [0, 0.1) is 11.8 Å². The highest BCUT2D eigenvalue weighted by Gasteiger charge is 2.49. The van der Waals surface area contributed by atoms with Gasteiger partial charge in [-0.3, -0.25) is 9.59 Å². The molecule has 1 amide bonds. The van der Waals surface area contributed by atoms with Gasteiger partial charge in [0.2, 0.25) is 5.91 Å². The first-order valence-electron chi connectivity index (χ1n) is 5.63. The van der Waals surface area contributed by atoms with E-state index >= 15 is 0 Å². The summed E-state index contributed by atoms with van der Waals surface area (Å²) in [5.41, 5.74) is 0. The number of carboxylic acids is 1. The molecular formula is C10H15NO5S. The van der Waals surface area contributed by atoms with Crippen LogP contribution in [-0.4, -0.2) is 54.9 Å². The Balaban J connectivity index is 1.95. The highest BCUT2D eigenvalue weighted by Crippen LogP contribution is 2.40. The first kappa shape index (κ1) is 12.3. The van der Waals surface area contributed by atoms with Crippen LogP contribution in [0.25, 0.3) is 0 Å². The number of carbonyl (C=O) groups is 2. The summed E-state index contributed by atoms with van der Waals surface area (Å²) in [6, 6.07) is 0. The monoisotopic (exact) mass is 261 g/mol. The van der Waals surface area contributed by atoms with Gasteiger partial charge in [0, 0.05) is 13.1 Å². The molecule has 7 heteroatoms. The number of hydrogen-bond donors (Lipinski definition) is 1. The molecule has 2 aliphatic rings. The van der Waals surface area contributed by atoms with E-state index in [-0.39, 0.29) is 24.0 Å². The molecule has 0 unspecified atom stereocenters. The average Bonchev–Trinajstić information content (AvgIpc) is 3.00. The molecule has 0 radical (unpaired) electrons. The Morgan fingerprint density at radius 3 is 2.41 bits per heavy atom. The molecule has 2 rings (SSSR count). The van der Waals surface area contributed by atoms with Gasteiger partial charge < -0.3 is 10.0 Å². The van der Waals surface area contributed by atoms with Gasteiger partial charge in [0.15, 0.2) is 9.84 Å². The number of carbonyl (C=O) groups excluding carboxylic acids is 1. The van der Waals surface area contributed by atoms with Crippen molar-refractivity contribution in [1.82, 2.24) is 4.90 Å². The van der Waals surface area contributed by atoms with E-state index in [1.807, 2.05) is 0 Å². The van der Waals surface area contributed by atoms with E-state index < -0.39 is 27.6 Å². The third-order valence-electron chi connectivity index (χ3n) is 3.29. The summed E-state index contributed by atoms with van der Waals surface area (Å²) in [6.45, 7) is 0.616. The van der Waals surface area contributed by atoms with Gasteiger partial charge in [-0.25, -0.2) is 8.42 Å². The van der Waals surface area contributed by atoms with E-state index in [4.69, 9.17) is 5.11 Å². The zero-order valence-corrected chi connectivity index (χ0v) is 10.1. The van der Waals surface area contributed by atoms with Crippen molar-refractivity contribution >= 4 is 21.7 Å². The lowest BCUT2D eigenvalue weighted by molar-refractivity contribution is -0.141. The largest absolute Gasteiger partial charge is 0.481 e. The van der Waals surface area contributed by atoms with Crippen molar-refractivity contribution in [2.75, 3.05) is 24.6 Å². The summed E-state index contributed by atoms with van der Waals surface area (Å²) < 4.78 is 22.7. The molecule has 1 N–H and O–H groups in total. The molecule has 0 aromatic rings. The quantitative estimate of drug-likeness (QED) is 0.713. The van der Waals surface area contributed by atoms with Gasteiger partial charge in [-0.2, -0.15) is 0 Å². The first-order valence-corrected chi connectivity index (χ1v) is 7.45. The molecule has 2 atom stereocenters. The topological polar surface area (TPSA) is 91.8 Å². The van der Waals surface area contributed by atoms with Crippen molar-refractivity contribution in [3.8, 4) is 0 Å². The maximum absolute atomic E-state index is 11.9. The predicted octanol–water partition coefficient (Wildman–Crippen LogP) is -0.646. The molecule has 6 nitrogen and oxygen atoms in total. The Hall–Kier alpha value is -1.11. The Kier molecular flexibility index (Phi) is 3.11. The van der Waals surface area contributed by atoms with Crippen molar-refractivity contribution in [1.29, 1.82) is 0 Å². The number of carboxylic acid groups (broad SMARTS) is 1. The molecular weight excluding hydrogens is 246 g/mol. The van der Waals surface area contributed by atoms with E-state index in [0.717, 1.165) is 0 Å². The zero-order chi connectivity index (χ0) is 12.6. The van der Waals surface area contributed by atoms with Gasteiger partial charge in [0.25, 0.3) is 0 Å². The molecule has 2 fully saturated rings. The van der Waals surface area contributed by atoms with E-state index in [2.05, 4.69) is 0 Å². The predicted molar refractivity (Wildman–Crippen MR) is 59.1 cm³/mol. The maximum Gasteiger partial charge on any atom is 0.307 e. The van der Waals surface area contributed by atoms with E-state index in [0.29, 0.717) is 19.4 Å². The summed E-state index contributed by atoms with van der Waals surface area (Å²) in [5.74, 6) is -2.04. The second-order valence-corrected chi connectivity index (χ2v) is 6.92. The van der Waals surface area contributed by atoms with Crippen LogP contribution in [0.2, 0.25) is 0 Å². The number of nitrogens with zero attached hydrogens (tertiary/aromatic N) is 1. The molecule has 17 heavy (non-hydrogen) atoms. The van der Waals surface area contributed by atoms with Crippen molar-refractivity contribution in [3.05, 3.63) is 0 Å². The van der Waals surface area contributed by atoms with Gasteiger partial charge in [0.05, 0.1) is 23.3 Å². The third kappa shape index (κ3) is 2.77. The second-order valence-electron chi connectivity index (χ2n) is 4.62. The van der Waals surface area contributed by atoms with Gasteiger partial charge in [0.1, 0.15) is 0 Å². The van der Waals surface area contributed by atoms with Crippen LogP contribution in [-0.2, 0) is 19.4 Å². The number of aliphatic carboxylic acids is 1. The van der Waals surface area contributed by atoms with E-state index in [1.54, 1.807) is 0 Å². The molecule has 1 saturated carbocycles. The summed E-state index contributed by atoms with van der Waals surface area (Å²) in [7, 11) is -3.03. The summed E-state index contributed by atoms with van der Waals surface area (Å²) in [5, 5.41) is 8.74. The van der Waals surface area contributed by atoms with Crippen LogP contribution in [0.15, 0.2) is 0 Å². The number of hydrogen-bond acceptors (Lipinski definition) is 4. The third-order valence-corrected chi connectivity index (χ3v) is 5.01. The number of amides is 1. The first-order chi connectivity index (χ1) is 7.91. The Morgan fingerprint density at radius 1 is 1.12 bits per heavy atom. The Bertz CT molecular complexity index is 444. The summed E-state index contributed by atoms with van der Waals surface area (Å²) >= 11 is 0. The molecule has 0 spiro atoms. The lowest BCUT2D eigenvalue weighted by atomic mass is 10.2. The van der Waals surface area contributed by atoms with Crippen LogP contribution < -0.4 is 0 Å². The fraction of sp³-hybridized carbons (Fsp3) is 0.800. The fourth-order valence-corrected chi connectivity index (χ4v) is 3.41. The fourth-order valence-electron chi connectivity index (χ4n) is 2.13. The normalized spacial score (nSPS) is 31.6. The van der Waals surface area contributed by atoms with Crippen molar-refractivity contribution < 1.29 is 23.1 Å². The smallest absolute Gasteiger partial charge is 0.307 e. The second kappa shape index (κ2) is 4.29. The molecule has 0 bridgehead atoms. The van der Waals surface area contributed by atoms with Crippen molar-refractivity contribution in [3.63, 3.8) is 0 Å². The number of sulfone groups is 1. The van der Waals surface area contributed by atoms with Crippen LogP contribution in [0.5, 0.6) is 0 Å². The number of rotatable bonds is 2. The molecule has 1 aliphatic heterocycles. The van der Waals surface area contributed by atoms with Crippen LogP contribution in [0.1, 0.15) is 12.8 Å². The standard InChI is InChI=1S/C10H15NO5S/c12-9(7-6-8(7)10(13)14)11-2-1-4-17(15,16)5-3-11/h7-8H,1-6H2,(H,13,14)/t7-,8+/m1/s1. The van der Waals surface area contributed by atoms with Gasteiger partial charge in [-0.15, -0.1) is 0 Å². The lowest BCUT2D eigenvalue weighted by Gasteiger charge is -2.19. The summed E-state index contributed by atoms with van der Waals surface area (Å²) in [4.78, 5) is 24.1. The molecule has 1 aliphatic carbocycles. The molecule has 0 aromatic heterocycles. The van der Waals surface area contributed by atoms with Crippen molar-refractivity contribution in [2.45, 2.75) is 12.8 Å². The van der Waals surface area contributed by atoms with Gasteiger partial charge in [-0.05, 0) is 12.8 Å². The SMILES string of the molecule is O=C(O)[C@H]1C[C@H]1C(=O)N1CCCS(=O)(=O)CC1. The van der Waals surface area contributed by atoms with Gasteiger partial charge >= 0.3 is 5.97 Å². The molecule has 96 valence electrons. The van der Waals surface area contributed by atoms with E-state index in [9.17, 15) is 18.0 Å². The minimum absolute atomic E-state index is 0.0107. The molecule has 1 heterocycles. The molecule has 0 aromatic carbocycles. The minimum Gasteiger partial charge on any atom is -0.481 e. The van der Waals surface area contributed by atoms with Crippen LogP contribution in [0.3, 0.4) is 0 Å². The maximum atomic E-state index is 11.9. The van der Waals surface area contributed by atoms with Crippen LogP contribution in [0.4, 0.5) is 0 Å². The van der Waals surface area contributed by atoms with E-state index in [1.165, 1.54) is 4.90 Å². The highest BCUT2D eigenvalue weighted by atomic mass is 32.2. The highest BCUT2D eigenvalue weighted by molar-refractivity contribution is 7.91. The Labute approximate surface area is 99.5 Å². The van der Waals surface area contributed by atoms with Gasteiger partial charge in [-0.1, -0.05) is 0 Å². The zero-order valence-electron chi connectivity index (χ0n) is 9.33. The van der Waals surface area contributed by atoms with Crippen molar-refractivity contribution in [2.24, 2.45) is 11.8 Å². The lowest BCUT2D eigenvalue weighted by Crippen LogP contribution is -2.35. The van der Waals surface area contributed by atoms with Crippen LogP contribution >= 0.6 is 0 Å².